The van der Waals surface area contributed by atoms with Crippen LogP contribution in [0.5, 0.6) is 0 Å². The number of aliphatic hydroxyl groups is 1. The molecule has 7 heteroatoms. The van der Waals surface area contributed by atoms with Gasteiger partial charge >= 0.3 is 0 Å². The van der Waals surface area contributed by atoms with Crippen LogP contribution in [0.3, 0.4) is 0 Å². The van der Waals surface area contributed by atoms with Crippen molar-refractivity contribution in [2.45, 2.75) is 32.0 Å². The zero-order valence-corrected chi connectivity index (χ0v) is 12.7. The van der Waals surface area contributed by atoms with Crippen LogP contribution < -0.4 is 10.6 Å². The van der Waals surface area contributed by atoms with Crippen LogP contribution in [0.4, 0.5) is 11.6 Å². The number of aromatic nitrogens is 2. The topological polar surface area (TPSA) is 79.3 Å². The predicted octanol–water partition coefficient (Wildman–Crippen LogP) is 1.62. The Bertz CT molecular complexity index is 446. The standard InChI is InChI=1S/C12H19BrN4O2/c1-3-14-10-9(13)11(17-7-16-10)15-6-12(18)4-5-19-8(12)2/h7-8,18H,3-6H2,1-2H3,(H2,14,15,16,17). The van der Waals surface area contributed by atoms with E-state index in [1.54, 1.807) is 0 Å². The third-order valence-corrected chi connectivity index (χ3v) is 4.11. The normalized spacial score (nSPS) is 26.4. The molecule has 1 aromatic heterocycles. The molecule has 3 N–H and O–H groups in total. The zero-order valence-electron chi connectivity index (χ0n) is 11.1. The Morgan fingerprint density at radius 2 is 2.16 bits per heavy atom. The molecular formula is C12H19BrN4O2. The number of halogens is 1. The average molecular weight is 331 g/mol. The minimum absolute atomic E-state index is 0.172. The Hall–Kier alpha value is -0.920. The van der Waals surface area contributed by atoms with Crippen molar-refractivity contribution in [1.82, 2.24) is 9.97 Å². The summed E-state index contributed by atoms with van der Waals surface area (Å²) in [6.45, 7) is 5.65. The zero-order chi connectivity index (χ0) is 13.9. The lowest BCUT2D eigenvalue weighted by Gasteiger charge is -2.26. The molecule has 0 aromatic carbocycles. The van der Waals surface area contributed by atoms with Gasteiger partial charge in [-0.2, -0.15) is 0 Å². The summed E-state index contributed by atoms with van der Waals surface area (Å²) in [4.78, 5) is 8.32. The first-order chi connectivity index (χ1) is 9.07. The fourth-order valence-corrected chi connectivity index (χ4v) is 2.51. The van der Waals surface area contributed by atoms with Gasteiger partial charge < -0.3 is 20.5 Å². The molecule has 1 fully saturated rings. The molecule has 1 saturated heterocycles. The third kappa shape index (κ3) is 3.16. The molecule has 2 atom stereocenters. The van der Waals surface area contributed by atoms with Crippen LogP contribution >= 0.6 is 15.9 Å². The van der Waals surface area contributed by atoms with E-state index in [2.05, 4.69) is 36.5 Å². The van der Waals surface area contributed by atoms with E-state index in [-0.39, 0.29) is 6.10 Å². The van der Waals surface area contributed by atoms with Gasteiger partial charge in [-0.05, 0) is 29.8 Å². The SMILES string of the molecule is CCNc1ncnc(NCC2(O)CCOC2C)c1Br. The summed E-state index contributed by atoms with van der Waals surface area (Å²) in [6, 6.07) is 0. The first-order valence-electron chi connectivity index (χ1n) is 6.39. The highest BCUT2D eigenvalue weighted by atomic mass is 79.9. The summed E-state index contributed by atoms with van der Waals surface area (Å²) in [5, 5.41) is 16.7. The maximum Gasteiger partial charge on any atom is 0.146 e. The number of anilines is 2. The van der Waals surface area contributed by atoms with Crippen LogP contribution in [0.2, 0.25) is 0 Å². The summed E-state index contributed by atoms with van der Waals surface area (Å²) in [6.07, 6.45) is 1.95. The summed E-state index contributed by atoms with van der Waals surface area (Å²) >= 11 is 3.46. The number of ether oxygens (including phenoxy) is 1. The Morgan fingerprint density at radius 3 is 2.74 bits per heavy atom. The number of hydrogen-bond acceptors (Lipinski definition) is 6. The van der Waals surface area contributed by atoms with Crippen LogP contribution in [0.15, 0.2) is 10.8 Å². The van der Waals surface area contributed by atoms with Crippen LogP contribution in [-0.4, -0.2) is 46.5 Å². The van der Waals surface area contributed by atoms with Gasteiger partial charge in [-0.3, -0.25) is 0 Å². The van der Waals surface area contributed by atoms with Crippen molar-refractivity contribution in [2.75, 3.05) is 30.3 Å². The average Bonchev–Trinajstić information content (AvgIpc) is 2.71. The number of hydrogen-bond donors (Lipinski definition) is 3. The van der Waals surface area contributed by atoms with Crippen LogP contribution in [-0.2, 0) is 4.74 Å². The van der Waals surface area contributed by atoms with E-state index >= 15 is 0 Å². The number of rotatable bonds is 5. The molecule has 0 saturated carbocycles. The summed E-state index contributed by atoms with van der Waals surface area (Å²) in [5.41, 5.74) is -0.845. The maximum absolute atomic E-state index is 10.4. The second kappa shape index (κ2) is 6.02. The fraction of sp³-hybridized carbons (Fsp3) is 0.667. The van der Waals surface area contributed by atoms with Crippen LogP contribution in [0.25, 0.3) is 0 Å². The van der Waals surface area contributed by atoms with Gasteiger partial charge in [-0.25, -0.2) is 9.97 Å². The van der Waals surface area contributed by atoms with Gasteiger partial charge in [0.15, 0.2) is 0 Å². The highest BCUT2D eigenvalue weighted by Gasteiger charge is 2.39. The molecular weight excluding hydrogens is 312 g/mol. The highest BCUT2D eigenvalue weighted by Crippen LogP contribution is 2.29. The second-order valence-corrected chi connectivity index (χ2v) is 5.43. The van der Waals surface area contributed by atoms with E-state index in [0.717, 1.165) is 16.8 Å². The molecule has 1 aliphatic rings. The Kier molecular flexibility index (Phi) is 4.59. The van der Waals surface area contributed by atoms with Gasteiger partial charge in [0.05, 0.1) is 6.10 Å². The molecule has 6 nitrogen and oxygen atoms in total. The molecule has 0 amide bonds. The van der Waals surface area contributed by atoms with E-state index in [0.29, 0.717) is 25.4 Å². The lowest BCUT2D eigenvalue weighted by Crippen LogP contribution is -2.43. The third-order valence-electron chi connectivity index (χ3n) is 3.36. The Labute approximate surface area is 121 Å². The molecule has 0 spiro atoms. The van der Waals surface area contributed by atoms with E-state index < -0.39 is 5.60 Å². The van der Waals surface area contributed by atoms with Gasteiger partial charge in [-0.1, -0.05) is 0 Å². The lowest BCUT2D eigenvalue weighted by molar-refractivity contribution is -0.0176. The minimum Gasteiger partial charge on any atom is -0.385 e. The molecule has 1 aliphatic heterocycles. The summed E-state index contributed by atoms with van der Waals surface area (Å²) < 4.78 is 6.17. The first-order valence-corrected chi connectivity index (χ1v) is 7.18. The number of nitrogens with zero attached hydrogens (tertiary/aromatic N) is 2. The molecule has 2 rings (SSSR count). The van der Waals surface area contributed by atoms with Crippen molar-refractivity contribution in [3.05, 3.63) is 10.8 Å². The van der Waals surface area contributed by atoms with E-state index in [9.17, 15) is 5.11 Å². The molecule has 0 radical (unpaired) electrons. The van der Waals surface area contributed by atoms with Crippen LogP contribution in [0, 0.1) is 0 Å². The Balaban J connectivity index is 2.05. The monoisotopic (exact) mass is 330 g/mol. The lowest BCUT2D eigenvalue weighted by atomic mass is 9.97. The van der Waals surface area contributed by atoms with Gasteiger partial charge in [0.25, 0.3) is 0 Å². The molecule has 0 bridgehead atoms. The van der Waals surface area contributed by atoms with Crippen molar-refractivity contribution in [3.63, 3.8) is 0 Å². The molecule has 2 unspecified atom stereocenters. The largest absolute Gasteiger partial charge is 0.385 e. The van der Waals surface area contributed by atoms with Gasteiger partial charge in [0.2, 0.25) is 0 Å². The first kappa shape index (κ1) is 14.5. The predicted molar refractivity (Wildman–Crippen MR) is 77.4 cm³/mol. The molecule has 0 aliphatic carbocycles. The Morgan fingerprint density at radius 1 is 1.47 bits per heavy atom. The number of nitrogens with one attached hydrogen (secondary N) is 2. The summed E-state index contributed by atoms with van der Waals surface area (Å²) in [7, 11) is 0. The van der Waals surface area contributed by atoms with Crippen molar-refractivity contribution in [1.29, 1.82) is 0 Å². The maximum atomic E-state index is 10.4. The fourth-order valence-electron chi connectivity index (χ4n) is 2.02. The van der Waals surface area contributed by atoms with Crippen molar-refractivity contribution in [2.24, 2.45) is 0 Å². The quantitative estimate of drug-likeness (QED) is 0.761. The highest BCUT2D eigenvalue weighted by molar-refractivity contribution is 9.10. The van der Waals surface area contributed by atoms with E-state index in [4.69, 9.17) is 4.74 Å². The summed E-state index contributed by atoms with van der Waals surface area (Å²) in [5.74, 6) is 1.40. The van der Waals surface area contributed by atoms with Gasteiger partial charge in [-0.15, -0.1) is 0 Å². The molecule has 19 heavy (non-hydrogen) atoms. The second-order valence-electron chi connectivity index (χ2n) is 4.64. The van der Waals surface area contributed by atoms with E-state index in [1.165, 1.54) is 6.33 Å². The van der Waals surface area contributed by atoms with Gasteiger partial charge in [0, 0.05) is 26.1 Å². The smallest absolute Gasteiger partial charge is 0.146 e. The van der Waals surface area contributed by atoms with Crippen molar-refractivity contribution in [3.8, 4) is 0 Å². The minimum atomic E-state index is -0.845. The van der Waals surface area contributed by atoms with Crippen LogP contribution in [0.1, 0.15) is 20.3 Å². The van der Waals surface area contributed by atoms with Crippen molar-refractivity contribution < 1.29 is 9.84 Å². The van der Waals surface area contributed by atoms with Crippen molar-refractivity contribution >= 4 is 27.6 Å². The molecule has 106 valence electrons. The van der Waals surface area contributed by atoms with Gasteiger partial charge in [0.1, 0.15) is 28.0 Å². The van der Waals surface area contributed by atoms with E-state index in [1.807, 2.05) is 13.8 Å². The molecule has 2 heterocycles. The molecule has 1 aromatic rings.